The molecule has 3 aromatic carbocycles. The number of amides is 2. The Morgan fingerprint density at radius 3 is 2.23 bits per heavy atom. The van der Waals surface area contributed by atoms with E-state index in [0.717, 1.165) is 4.31 Å². The van der Waals surface area contributed by atoms with Crippen molar-refractivity contribution in [3.63, 3.8) is 0 Å². The molecular formula is C29H33Cl2N3O5S. The predicted molar refractivity (Wildman–Crippen MR) is 158 cm³/mol. The fourth-order valence-corrected chi connectivity index (χ4v) is 5.77. The van der Waals surface area contributed by atoms with Crippen LogP contribution in [0.4, 0.5) is 5.69 Å². The highest BCUT2D eigenvalue weighted by atomic mass is 35.5. The zero-order valence-corrected chi connectivity index (χ0v) is 25.1. The van der Waals surface area contributed by atoms with E-state index in [1.54, 1.807) is 55.5 Å². The first-order valence-electron chi connectivity index (χ1n) is 12.7. The number of rotatable bonds is 12. The molecule has 0 aliphatic rings. The minimum atomic E-state index is -4.25. The number of hydrogen-bond donors (Lipinski definition) is 1. The molecular weight excluding hydrogens is 573 g/mol. The van der Waals surface area contributed by atoms with Crippen LogP contribution in [0.5, 0.6) is 5.75 Å². The Balaban J connectivity index is 2.07. The summed E-state index contributed by atoms with van der Waals surface area (Å²) < 4.78 is 34.2. The summed E-state index contributed by atoms with van der Waals surface area (Å²) in [4.78, 5) is 28.4. The van der Waals surface area contributed by atoms with E-state index < -0.39 is 28.5 Å². The molecule has 1 unspecified atom stereocenters. The zero-order chi connectivity index (χ0) is 29.4. The van der Waals surface area contributed by atoms with Crippen molar-refractivity contribution in [1.29, 1.82) is 0 Å². The van der Waals surface area contributed by atoms with Crippen LogP contribution in [0.3, 0.4) is 0 Å². The van der Waals surface area contributed by atoms with Gasteiger partial charge in [-0.15, -0.1) is 0 Å². The second kappa shape index (κ2) is 13.9. The van der Waals surface area contributed by atoms with E-state index in [9.17, 15) is 18.0 Å². The number of nitrogens with one attached hydrogen (secondary N) is 1. The molecule has 1 atom stereocenters. The molecule has 0 aliphatic heterocycles. The second-order valence-corrected chi connectivity index (χ2v) is 12.3. The molecule has 8 nitrogen and oxygen atoms in total. The van der Waals surface area contributed by atoms with Crippen molar-refractivity contribution in [3.8, 4) is 5.75 Å². The Morgan fingerprint density at radius 2 is 1.60 bits per heavy atom. The Kier molecular flexibility index (Phi) is 10.8. The maximum Gasteiger partial charge on any atom is 0.264 e. The smallest absolute Gasteiger partial charge is 0.264 e. The van der Waals surface area contributed by atoms with Crippen molar-refractivity contribution in [1.82, 2.24) is 10.2 Å². The molecule has 3 rings (SSSR count). The number of nitrogens with zero attached hydrogens (tertiary/aromatic N) is 2. The van der Waals surface area contributed by atoms with Gasteiger partial charge in [0.05, 0.1) is 17.7 Å². The van der Waals surface area contributed by atoms with Gasteiger partial charge in [0.2, 0.25) is 11.8 Å². The molecule has 0 aromatic heterocycles. The molecule has 2 amide bonds. The summed E-state index contributed by atoms with van der Waals surface area (Å²) in [7, 11) is -2.86. The van der Waals surface area contributed by atoms with Crippen LogP contribution in [0.2, 0.25) is 10.0 Å². The quantitative estimate of drug-likeness (QED) is 0.299. The minimum Gasteiger partial charge on any atom is -0.495 e. The van der Waals surface area contributed by atoms with Gasteiger partial charge in [-0.1, -0.05) is 67.4 Å². The maximum atomic E-state index is 14.0. The third-order valence-electron chi connectivity index (χ3n) is 6.11. The number of methoxy groups -OCH3 is 1. The SMILES string of the molecule is COc1ccc(Cl)cc1N(CC(=O)N(Cc1cccc(Cl)c1)C(C)C(=O)NCC(C)C)S(=O)(=O)c1ccccc1. The van der Waals surface area contributed by atoms with E-state index in [4.69, 9.17) is 27.9 Å². The van der Waals surface area contributed by atoms with Crippen LogP contribution in [0, 0.1) is 5.92 Å². The maximum absolute atomic E-state index is 14.0. The van der Waals surface area contributed by atoms with E-state index >= 15 is 0 Å². The van der Waals surface area contributed by atoms with Crippen LogP contribution in [0.1, 0.15) is 26.3 Å². The molecule has 0 aliphatic carbocycles. The Labute approximate surface area is 245 Å². The average Bonchev–Trinajstić information content (AvgIpc) is 2.93. The van der Waals surface area contributed by atoms with Gasteiger partial charge in [0.15, 0.2) is 0 Å². The molecule has 214 valence electrons. The Bertz CT molecular complexity index is 1430. The van der Waals surface area contributed by atoms with E-state index in [1.807, 2.05) is 13.8 Å². The van der Waals surface area contributed by atoms with Crippen LogP contribution in [0.15, 0.2) is 77.7 Å². The fourth-order valence-electron chi connectivity index (χ4n) is 3.96. The van der Waals surface area contributed by atoms with Crippen LogP contribution in [-0.4, -0.2) is 51.4 Å². The lowest BCUT2D eigenvalue weighted by Gasteiger charge is -2.32. The molecule has 40 heavy (non-hydrogen) atoms. The molecule has 0 heterocycles. The molecule has 3 aromatic rings. The van der Waals surface area contributed by atoms with Gasteiger partial charge in [-0.05, 0) is 60.9 Å². The fraction of sp³-hybridized carbons (Fsp3) is 0.310. The van der Waals surface area contributed by atoms with E-state index in [1.165, 1.54) is 36.3 Å². The number of benzene rings is 3. The zero-order valence-electron chi connectivity index (χ0n) is 22.8. The third-order valence-corrected chi connectivity index (χ3v) is 8.36. The number of carbonyl (C=O) groups is 2. The third kappa shape index (κ3) is 7.90. The lowest BCUT2D eigenvalue weighted by atomic mass is 10.1. The number of hydrogen-bond acceptors (Lipinski definition) is 5. The van der Waals surface area contributed by atoms with Crippen LogP contribution >= 0.6 is 23.2 Å². The molecule has 11 heteroatoms. The van der Waals surface area contributed by atoms with Gasteiger partial charge in [0.25, 0.3) is 10.0 Å². The summed E-state index contributed by atoms with van der Waals surface area (Å²) in [5.41, 5.74) is 0.772. The number of ether oxygens (including phenoxy) is 1. The Hall–Kier alpha value is -3.27. The highest BCUT2D eigenvalue weighted by molar-refractivity contribution is 7.92. The largest absolute Gasteiger partial charge is 0.495 e. The summed E-state index contributed by atoms with van der Waals surface area (Å²) >= 11 is 12.4. The lowest BCUT2D eigenvalue weighted by molar-refractivity contribution is -0.139. The standard InChI is InChI=1S/C29H33Cl2N3O5S/c1-20(2)17-32-29(36)21(3)33(18-22-9-8-10-23(30)15-22)28(35)19-34(26-16-24(31)13-14-27(26)39-4)40(37,38)25-11-6-5-7-12-25/h5-16,20-21H,17-19H2,1-4H3,(H,32,36). The highest BCUT2D eigenvalue weighted by Crippen LogP contribution is 2.35. The molecule has 0 radical (unpaired) electrons. The minimum absolute atomic E-state index is 0.0195. The number of carbonyl (C=O) groups excluding carboxylic acids is 2. The van der Waals surface area contributed by atoms with Gasteiger partial charge in [-0.25, -0.2) is 8.42 Å². The number of halogens is 2. The summed E-state index contributed by atoms with van der Waals surface area (Å²) in [6, 6.07) is 18.3. The molecule has 0 spiro atoms. The topological polar surface area (TPSA) is 96.0 Å². The first-order valence-corrected chi connectivity index (χ1v) is 14.9. The van der Waals surface area contributed by atoms with Crippen molar-refractivity contribution in [2.24, 2.45) is 5.92 Å². The van der Waals surface area contributed by atoms with Crippen molar-refractivity contribution in [2.45, 2.75) is 38.3 Å². The van der Waals surface area contributed by atoms with Gasteiger partial charge in [-0.3, -0.25) is 13.9 Å². The lowest BCUT2D eigenvalue weighted by Crippen LogP contribution is -2.51. The first kappa shape index (κ1) is 31.3. The van der Waals surface area contributed by atoms with Gasteiger partial charge >= 0.3 is 0 Å². The van der Waals surface area contributed by atoms with E-state index in [-0.39, 0.29) is 39.7 Å². The van der Waals surface area contributed by atoms with Crippen LogP contribution in [0.25, 0.3) is 0 Å². The highest BCUT2D eigenvalue weighted by Gasteiger charge is 2.34. The van der Waals surface area contributed by atoms with Gasteiger partial charge in [-0.2, -0.15) is 0 Å². The number of sulfonamides is 1. The summed E-state index contributed by atoms with van der Waals surface area (Å²) in [6.45, 7) is 5.37. The second-order valence-electron chi connectivity index (χ2n) is 9.61. The van der Waals surface area contributed by atoms with Crippen molar-refractivity contribution in [3.05, 3.63) is 88.4 Å². The average molecular weight is 607 g/mol. The summed E-state index contributed by atoms with van der Waals surface area (Å²) in [6.07, 6.45) is 0. The van der Waals surface area contributed by atoms with Gasteiger partial charge in [0.1, 0.15) is 18.3 Å². The normalized spacial score (nSPS) is 12.1. The van der Waals surface area contributed by atoms with Crippen LogP contribution < -0.4 is 14.4 Å². The Morgan fingerprint density at radius 1 is 0.925 bits per heavy atom. The van der Waals surface area contributed by atoms with Crippen molar-refractivity contribution >= 4 is 50.7 Å². The predicted octanol–water partition coefficient (Wildman–Crippen LogP) is 5.39. The monoisotopic (exact) mass is 605 g/mol. The molecule has 0 saturated carbocycles. The summed E-state index contributed by atoms with van der Waals surface area (Å²) in [5.74, 6) is -0.550. The summed E-state index contributed by atoms with van der Waals surface area (Å²) in [5, 5.41) is 3.58. The van der Waals surface area contributed by atoms with Gasteiger partial charge in [0, 0.05) is 23.1 Å². The van der Waals surface area contributed by atoms with Crippen molar-refractivity contribution in [2.75, 3.05) is 24.5 Å². The first-order chi connectivity index (χ1) is 18.9. The number of anilines is 1. The molecule has 1 N–H and O–H groups in total. The molecule has 0 bridgehead atoms. The van der Waals surface area contributed by atoms with Gasteiger partial charge < -0.3 is 15.0 Å². The molecule has 0 fully saturated rings. The van der Waals surface area contributed by atoms with E-state index in [0.29, 0.717) is 17.1 Å². The van der Waals surface area contributed by atoms with E-state index in [2.05, 4.69) is 5.32 Å². The van der Waals surface area contributed by atoms with Crippen molar-refractivity contribution < 1.29 is 22.7 Å². The molecule has 0 saturated heterocycles. The van der Waals surface area contributed by atoms with Crippen LogP contribution in [-0.2, 0) is 26.2 Å².